The maximum atomic E-state index is 12.4. The first-order valence-corrected chi connectivity index (χ1v) is 10.7. The third-order valence-electron chi connectivity index (χ3n) is 5.34. The van der Waals surface area contributed by atoms with Gasteiger partial charge in [0.1, 0.15) is 5.75 Å². The fourth-order valence-corrected chi connectivity index (χ4v) is 3.62. The zero-order valence-electron chi connectivity index (χ0n) is 17.3. The smallest absolute Gasteiger partial charge is 0.223 e. The lowest BCUT2D eigenvalue weighted by molar-refractivity contribution is -0.135. The second kappa shape index (κ2) is 11.0. The number of benzene rings is 1. The molecule has 1 aromatic carbocycles. The molecule has 0 unspecified atom stereocenters. The van der Waals surface area contributed by atoms with Crippen molar-refractivity contribution in [3.05, 3.63) is 58.9 Å². The molecule has 0 aliphatic carbocycles. The predicted molar refractivity (Wildman–Crippen MR) is 116 cm³/mol. The molecule has 7 heteroatoms. The Kier molecular flexibility index (Phi) is 8.08. The van der Waals surface area contributed by atoms with Gasteiger partial charge in [-0.25, -0.2) is 0 Å². The summed E-state index contributed by atoms with van der Waals surface area (Å²) in [5.74, 6) is 0.905. The number of pyridine rings is 1. The maximum absolute atomic E-state index is 12.4. The summed E-state index contributed by atoms with van der Waals surface area (Å²) in [5.41, 5.74) is 1.95. The Labute approximate surface area is 182 Å². The van der Waals surface area contributed by atoms with Gasteiger partial charge in [-0.1, -0.05) is 17.7 Å². The number of hydrogen-bond donors (Lipinski definition) is 1. The van der Waals surface area contributed by atoms with Crippen LogP contribution in [0.2, 0.25) is 5.02 Å². The van der Waals surface area contributed by atoms with Gasteiger partial charge in [0.05, 0.1) is 6.61 Å². The highest BCUT2D eigenvalue weighted by Crippen LogP contribution is 2.22. The van der Waals surface area contributed by atoms with Crippen molar-refractivity contribution in [3.8, 4) is 5.75 Å². The number of carbonyl (C=O) groups is 2. The van der Waals surface area contributed by atoms with Crippen molar-refractivity contribution in [2.75, 3.05) is 19.7 Å². The van der Waals surface area contributed by atoms with E-state index in [0.717, 1.165) is 16.9 Å². The molecule has 0 spiro atoms. The minimum Gasteiger partial charge on any atom is -0.494 e. The van der Waals surface area contributed by atoms with Gasteiger partial charge in [-0.15, -0.1) is 0 Å². The minimum atomic E-state index is -0.0396. The molecule has 2 amide bonds. The highest BCUT2D eigenvalue weighted by Gasteiger charge is 2.26. The molecule has 6 nitrogen and oxygen atoms in total. The Balaban J connectivity index is 1.32. The summed E-state index contributed by atoms with van der Waals surface area (Å²) in [6.45, 7) is 4.16. The monoisotopic (exact) mass is 429 g/mol. The molecule has 0 atom stereocenters. The van der Waals surface area contributed by atoms with Gasteiger partial charge in [0.2, 0.25) is 11.8 Å². The standard InChI is InChI=1S/C23H28ClN3O3/c1-17-14-20(6-7-21(17)24)30-13-3-5-22(28)27-11-8-19(9-12-27)23(29)26-16-18-4-2-10-25-15-18/h2,4,6-7,10,14-15,19H,3,5,8-9,11-13,16H2,1H3,(H,26,29). The molecule has 1 aliphatic heterocycles. The number of halogens is 1. The largest absolute Gasteiger partial charge is 0.494 e. The lowest BCUT2D eigenvalue weighted by Crippen LogP contribution is -2.42. The minimum absolute atomic E-state index is 0.0396. The highest BCUT2D eigenvalue weighted by atomic mass is 35.5. The van der Waals surface area contributed by atoms with Crippen LogP contribution in [0, 0.1) is 12.8 Å². The van der Waals surface area contributed by atoms with E-state index in [-0.39, 0.29) is 17.7 Å². The summed E-state index contributed by atoms with van der Waals surface area (Å²) in [4.78, 5) is 30.7. The van der Waals surface area contributed by atoms with Gasteiger partial charge >= 0.3 is 0 Å². The Bertz CT molecular complexity index is 852. The molecule has 0 saturated carbocycles. The summed E-state index contributed by atoms with van der Waals surface area (Å²) in [6.07, 6.45) is 5.97. The number of nitrogens with zero attached hydrogens (tertiary/aromatic N) is 2. The molecule has 1 saturated heterocycles. The molecule has 2 aromatic rings. The average molecular weight is 430 g/mol. The van der Waals surface area contributed by atoms with Gasteiger partial charge in [0, 0.05) is 49.4 Å². The number of aromatic nitrogens is 1. The van der Waals surface area contributed by atoms with E-state index in [1.807, 2.05) is 42.2 Å². The van der Waals surface area contributed by atoms with E-state index in [2.05, 4.69) is 10.3 Å². The fourth-order valence-electron chi connectivity index (χ4n) is 3.51. The van der Waals surface area contributed by atoms with Crippen LogP contribution >= 0.6 is 11.6 Å². The first kappa shape index (κ1) is 22.1. The number of hydrogen-bond acceptors (Lipinski definition) is 4. The SMILES string of the molecule is Cc1cc(OCCCC(=O)N2CCC(C(=O)NCc3cccnc3)CC2)ccc1Cl. The van der Waals surface area contributed by atoms with E-state index in [4.69, 9.17) is 16.3 Å². The predicted octanol–water partition coefficient (Wildman–Crippen LogP) is 3.76. The van der Waals surface area contributed by atoms with Gasteiger partial charge in [0.15, 0.2) is 0 Å². The van der Waals surface area contributed by atoms with Crippen molar-refractivity contribution in [1.82, 2.24) is 15.2 Å². The fraction of sp³-hybridized carbons (Fsp3) is 0.435. The summed E-state index contributed by atoms with van der Waals surface area (Å²) >= 11 is 6.01. The molecule has 1 aromatic heterocycles. The van der Waals surface area contributed by atoms with E-state index in [1.54, 1.807) is 12.4 Å². The van der Waals surface area contributed by atoms with E-state index >= 15 is 0 Å². The Hall–Kier alpha value is -2.60. The van der Waals surface area contributed by atoms with Gasteiger partial charge < -0.3 is 15.0 Å². The van der Waals surface area contributed by atoms with Crippen LogP contribution in [0.1, 0.15) is 36.8 Å². The number of carbonyl (C=O) groups excluding carboxylic acids is 2. The van der Waals surface area contributed by atoms with Crippen molar-refractivity contribution >= 4 is 23.4 Å². The van der Waals surface area contributed by atoms with Crippen LogP contribution in [0.25, 0.3) is 0 Å². The lowest BCUT2D eigenvalue weighted by atomic mass is 9.95. The maximum Gasteiger partial charge on any atom is 0.223 e. The van der Waals surface area contributed by atoms with Gasteiger partial charge in [-0.2, -0.15) is 0 Å². The number of piperidine rings is 1. The van der Waals surface area contributed by atoms with Crippen LogP contribution in [-0.4, -0.2) is 41.4 Å². The van der Waals surface area contributed by atoms with Crippen molar-refractivity contribution < 1.29 is 14.3 Å². The molecule has 3 rings (SSSR count). The van der Waals surface area contributed by atoms with Crippen LogP contribution < -0.4 is 10.1 Å². The van der Waals surface area contributed by atoms with E-state index in [0.29, 0.717) is 56.9 Å². The normalized spacial score (nSPS) is 14.4. The zero-order chi connectivity index (χ0) is 21.3. The van der Waals surface area contributed by atoms with Crippen molar-refractivity contribution in [3.63, 3.8) is 0 Å². The quantitative estimate of drug-likeness (QED) is 0.648. The number of nitrogens with one attached hydrogen (secondary N) is 1. The van der Waals surface area contributed by atoms with Gasteiger partial charge in [0.25, 0.3) is 0 Å². The molecular weight excluding hydrogens is 402 g/mol. The van der Waals surface area contributed by atoms with E-state index in [1.165, 1.54) is 0 Å². The van der Waals surface area contributed by atoms with Crippen LogP contribution in [0.4, 0.5) is 0 Å². The third kappa shape index (κ3) is 6.46. The number of aryl methyl sites for hydroxylation is 1. The highest BCUT2D eigenvalue weighted by molar-refractivity contribution is 6.31. The van der Waals surface area contributed by atoms with Crippen molar-refractivity contribution in [2.45, 2.75) is 39.2 Å². The second-order valence-electron chi connectivity index (χ2n) is 7.60. The number of likely N-dealkylation sites (tertiary alicyclic amines) is 1. The van der Waals surface area contributed by atoms with Gasteiger partial charge in [-0.3, -0.25) is 14.6 Å². The first-order valence-electron chi connectivity index (χ1n) is 10.4. The Morgan fingerprint density at radius 1 is 1.27 bits per heavy atom. The third-order valence-corrected chi connectivity index (χ3v) is 5.77. The second-order valence-corrected chi connectivity index (χ2v) is 8.00. The van der Waals surface area contributed by atoms with Crippen molar-refractivity contribution in [1.29, 1.82) is 0 Å². The number of amides is 2. The van der Waals surface area contributed by atoms with Crippen LogP contribution in [0.5, 0.6) is 5.75 Å². The molecule has 0 bridgehead atoms. The number of ether oxygens (including phenoxy) is 1. The van der Waals surface area contributed by atoms with Gasteiger partial charge in [-0.05, 0) is 61.6 Å². The molecular formula is C23H28ClN3O3. The summed E-state index contributed by atoms with van der Waals surface area (Å²) in [6, 6.07) is 9.34. The number of rotatable bonds is 8. The molecule has 1 fully saturated rings. The van der Waals surface area contributed by atoms with Crippen LogP contribution in [0.3, 0.4) is 0 Å². The molecule has 30 heavy (non-hydrogen) atoms. The molecule has 1 N–H and O–H groups in total. The summed E-state index contributed by atoms with van der Waals surface area (Å²) in [5, 5.41) is 3.68. The topological polar surface area (TPSA) is 71.5 Å². The first-order chi connectivity index (χ1) is 14.5. The van der Waals surface area contributed by atoms with Crippen LogP contribution in [-0.2, 0) is 16.1 Å². The molecule has 0 radical (unpaired) electrons. The molecule has 2 heterocycles. The molecule has 1 aliphatic rings. The average Bonchev–Trinajstić information content (AvgIpc) is 2.78. The summed E-state index contributed by atoms with van der Waals surface area (Å²) < 4.78 is 5.70. The zero-order valence-corrected chi connectivity index (χ0v) is 18.0. The Morgan fingerprint density at radius 3 is 2.77 bits per heavy atom. The molecule has 160 valence electrons. The summed E-state index contributed by atoms with van der Waals surface area (Å²) in [7, 11) is 0. The lowest BCUT2D eigenvalue weighted by Gasteiger charge is -2.31. The Morgan fingerprint density at radius 2 is 2.07 bits per heavy atom. The van der Waals surface area contributed by atoms with Crippen molar-refractivity contribution in [2.24, 2.45) is 5.92 Å². The van der Waals surface area contributed by atoms with E-state index < -0.39 is 0 Å². The van der Waals surface area contributed by atoms with E-state index in [9.17, 15) is 9.59 Å². The van der Waals surface area contributed by atoms with Crippen LogP contribution in [0.15, 0.2) is 42.7 Å².